The van der Waals surface area contributed by atoms with Crippen LogP contribution in [0.4, 0.5) is 4.39 Å². The van der Waals surface area contributed by atoms with E-state index >= 15 is 4.39 Å². The molecule has 4 heterocycles. The second-order valence-corrected chi connectivity index (χ2v) is 8.12. The van der Waals surface area contributed by atoms with Crippen LogP contribution in [0.5, 0.6) is 0 Å². The van der Waals surface area contributed by atoms with Crippen LogP contribution in [0, 0.1) is 5.82 Å². The molecule has 0 amide bonds. The van der Waals surface area contributed by atoms with Gasteiger partial charge in [-0.15, -0.1) is 15.9 Å². The van der Waals surface area contributed by atoms with Gasteiger partial charge in [-0.05, 0) is 23.6 Å². The van der Waals surface area contributed by atoms with E-state index in [0.29, 0.717) is 28.3 Å². The number of rotatable bonds is 3. The van der Waals surface area contributed by atoms with E-state index in [9.17, 15) is 0 Å². The first kappa shape index (κ1) is 17.3. The molecule has 1 aromatic carbocycles. The van der Waals surface area contributed by atoms with Crippen molar-refractivity contribution < 1.29 is 8.98 Å². The molecule has 7 heteroatoms. The van der Waals surface area contributed by atoms with Gasteiger partial charge in [0.15, 0.2) is 5.82 Å². The van der Waals surface area contributed by atoms with Gasteiger partial charge < -0.3 is 0 Å². The van der Waals surface area contributed by atoms with Gasteiger partial charge in [-0.3, -0.25) is 4.99 Å². The van der Waals surface area contributed by atoms with Crippen molar-refractivity contribution in [3.63, 3.8) is 0 Å². The number of pyridine rings is 1. The Morgan fingerprint density at radius 3 is 2.73 bits per heavy atom. The molecule has 1 unspecified atom stereocenters. The van der Waals surface area contributed by atoms with Crippen molar-refractivity contribution >= 4 is 34.3 Å². The van der Waals surface area contributed by atoms with Gasteiger partial charge in [0, 0.05) is 11.0 Å². The van der Waals surface area contributed by atoms with E-state index in [1.54, 1.807) is 36.0 Å². The highest BCUT2D eigenvalue weighted by Crippen LogP contribution is 2.37. The first-order chi connectivity index (χ1) is 14.6. The number of aromatic nitrogens is 1. The molecule has 0 fully saturated rings. The van der Waals surface area contributed by atoms with Crippen LogP contribution in [0.2, 0.25) is 0 Å². The van der Waals surface area contributed by atoms with Crippen molar-refractivity contribution in [3.8, 4) is 10.6 Å². The van der Waals surface area contributed by atoms with Gasteiger partial charge in [0.05, 0.1) is 28.5 Å². The van der Waals surface area contributed by atoms with E-state index < -0.39 is 5.82 Å². The van der Waals surface area contributed by atoms with Gasteiger partial charge in [0.1, 0.15) is 17.4 Å². The lowest BCUT2D eigenvalue weighted by Crippen LogP contribution is -2.53. The van der Waals surface area contributed by atoms with Gasteiger partial charge >= 0.3 is 0 Å². The molecule has 0 bridgehead atoms. The molecule has 1 atom stereocenters. The van der Waals surface area contributed by atoms with E-state index in [1.807, 2.05) is 53.9 Å². The fourth-order valence-electron chi connectivity index (χ4n) is 3.81. The van der Waals surface area contributed by atoms with Crippen LogP contribution >= 0.6 is 11.3 Å². The molecule has 0 saturated heterocycles. The number of nitrogens with zero attached hydrogens (tertiary/aromatic N) is 4. The Kier molecular flexibility index (Phi) is 3.61. The van der Waals surface area contributed by atoms with Gasteiger partial charge in [-0.25, -0.2) is 9.37 Å². The predicted octanol–water partition coefficient (Wildman–Crippen LogP) is 4.82. The van der Waals surface area contributed by atoms with Crippen LogP contribution in [0.25, 0.3) is 21.5 Å². The minimum atomic E-state index is -0.428. The van der Waals surface area contributed by atoms with Gasteiger partial charge in [-0.2, -0.15) is 10.8 Å². The van der Waals surface area contributed by atoms with Crippen LogP contribution in [-0.4, -0.2) is 21.6 Å². The smallest absolute Gasteiger partial charge is 0.253 e. The molecule has 0 radical (unpaired) electrons. The Hall–Kier alpha value is -3.52. The van der Waals surface area contributed by atoms with E-state index in [0.717, 1.165) is 21.5 Å². The summed E-state index contributed by atoms with van der Waals surface area (Å²) in [7, 11) is 0. The number of aliphatic imine (C=N–C) groups is 2. The van der Waals surface area contributed by atoms with E-state index in [4.69, 9.17) is 10.8 Å². The molecular formula is C23H15FN5S+. The highest BCUT2D eigenvalue weighted by Gasteiger charge is 2.46. The second kappa shape index (κ2) is 6.24. The number of allylic oxidation sites excluding steroid dienone is 4. The highest BCUT2D eigenvalue weighted by molar-refractivity contribution is 7.13. The fourth-order valence-corrected chi connectivity index (χ4v) is 4.51. The largest absolute Gasteiger partial charge is 0.268 e. The third-order valence-electron chi connectivity index (χ3n) is 5.43. The summed E-state index contributed by atoms with van der Waals surface area (Å²) >= 11 is 1.57. The summed E-state index contributed by atoms with van der Waals surface area (Å²) in [6.07, 6.45) is 10.9. The summed E-state index contributed by atoms with van der Waals surface area (Å²) in [6.45, 7) is 0. The summed E-state index contributed by atoms with van der Waals surface area (Å²) in [4.78, 5) is 14.6. The first-order valence-electron chi connectivity index (χ1n) is 9.40. The van der Waals surface area contributed by atoms with Crippen LogP contribution in [0.3, 0.4) is 0 Å². The molecule has 2 aliphatic heterocycles. The summed E-state index contributed by atoms with van der Waals surface area (Å²) in [5.41, 5.74) is 3.75. The zero-order valence-electron chi connectivity index (χ0n) is 15.7. The number of fused-ring (bicyclic) bond motifs is 2. The molecule has 0 spiro atoms. The zero-order valence-corrected chi connectivity index (χ0v) is 16.5. The molecule has 6 rings (SSSR count). The number of benzene rings is 1. The number of thiophene rings is 1. The van der Waals surface area contributed by atoms with Gasteiger partial charge in [0.2, 0.25) is 5.70 Å². The number of halogens is 1. The van der Waals surface area contributed by atoms with Crippen molar-refractivity contribution in [2.75, 3.05) is 0 Å². The number of hydrogen-bond acceptors (Lipinski definition) is 5. The number of quaternary nitrogens is 1. The Bertz CT molecular complexity index is 1410. The molecule has 0 saturated carbocycles. The third kappa shape index (κ3) is 2.37. The van der Waals surface area contributed by atoms with Crippen LogP contribution in [-0.2, 0) is 0 Å². The van der Waals surface area contributed by atoms with E-state index in [2.05, 4.69) is 9.98 Å². The van der Waals surface area contributed by atoms with Gasteiger partial charge in [0.25, 0.3) is 5.84 Å². The van der Waals surface area contributed by atoms with E-state index in [-0.39, 0.29) is 4.59 Å². The lowest BCUT2D eigenvalue weighted by atomic mass is 10.0. The summed E-state index contributed by atoms with van der Waals surface area (Å²) in [6, 6.07) is 11.3. The van der Waals surface area contributed by atoms with Crippen molar-refractivity contribution in [2.45, 2.75) is 0 Å². The molecule has 30 heavy (non-hydrogen) atoms. The molecule has 3 aromatic rings. The quantitative estimate of drug-likeness (QED) is 0.495. The Morgan fingerprint density at radius 2 is 1.97 bits per heavy atom. The normalized spacial score (nSPS) is 21.7. The summed E-state index contributed by atoms with van der Waals surface area (Å²) < 4.78 is 15.6. The summed E-state index contributed by atoms with van der Waals surface area (Å²) in [5, 5.41) is 2.71. The fraction of sp³-hybridized carbons (Fsp3) is 0. The molecule has 2 aromatic heterocycles. The maximum atomic E-state index is 15.8. The van der Waals surface area contributed by atoms with E-state index in [1.165, 1.54) is 0 Å². The molecule has 2 N–H and O–H groups in total. The maximum Gasteiger partial charge on any atom is 0.268 e. The Balaban J connectivity index is 1.54. The lowest BCUT2D eigenvalue weighted by Gasteiger charge is -2.26. The first-order valence-corrected chi connectivity index (χ1v) is 10.3. The number of nitrogens with two attached hydrogens (primary N) is 1. The minimum absolute atomic E-state index is 0.225. The lowest BCUT2D eigenvalue weighted by molar-refractivity contribution is -0.750. The Morgan fingerprint density at radius 1 is 1.10 bits per heavy atom. The SMILES string of the molecule is N[N+]12C=CN=CC1=C(C1=CC=C1)N=C2c1ccc2ccc(-c3cccs3)nc2c1F. The number of amidine groups is 1. The van der Waals surface area contributed by atoms with Gasteiger partial charge in [-0.1, -0.05) is 36.4 Å². The molecule has 1 aliphatic carbocycles. The van der Waals surface area contributed by atoms with Crippen LogP contribution in [0.1, 0.15) is 5.56 Å². The standard InChI is InChI=1S/C23H15FN5S/c24-20-16(8-6-15-7-9-17(27-22(15)20)19-5-2-12-30-19)23-28-21(14-3-1-4-14)18-13-26-10-11-29(18,23)25/h1-13H,25H2/q+1. The molecule has 5 nitrogen and oxygen atoms in total. The highest BCUT2D eigenvalue weighted by atomic mass is 32.1. The zero-order chi connectivity index (χ0) is 20.3. The monoisotopic (exact) mass is 412 g/mol. The van der Waals surface area contributed by atoms with Crippen molar-refractivity contribution in [1.82, 2.24) is 4.98 Å². The minimum Gasteiger partial charge on any atom is -0.253 e. The number of hydrogen-bond donors (Lipinski definition) is 1. The van der Waals surface area contributed by atoms with Crippen molar-refractivity contribution in [2.24, 2.45) is 15.8 Å². The average molecular weight is 412 g/mol. The van der Waals surface area contributed by atoms with Crippen LogP contribution in [0.15, 0.2) is 99.4 Å². The topological polar surface area (TPSA) is 63.6 Å². The second-order valence-electron chi connectivity index (χ2n) is 7.18. The Labute approximate surface area is 175 Å². The van der Waals surface area contributed by atoms with Crippen molar-refractivity contribution in [3.05, 3.63) is 101 Å². The molecule has 144 valence electrons. The average Bonchev–Trinajstić information content (AvgIpc) is 3.34. The predicted molar refractivity (Wildman–Crippen MR) is 118 cm³/mol. The summed E-state index contributed by atoms with van der Waals surface area (Å²) in [5.74, 6) is 6.68. The molecule has 3 aliphatic rings. The molecular weight excluding hydrogens is 397 g/mol. The maximum absolute atomic E-state index is 15.8. The third-order valence-corrected chi connectivity index (χ3v) is 6.33. The van der Waals surface area contributed by atoms with Crippen molar-refractivity contribution in [1.29, 1.82) is 0 Å². The van der Waals surface area contributed by atoms with Crippen LogP contribution < -0.4 is 5.84 Å².